The molecule has 0 unspecified atom stereocenters. The van der Waals surface area contributed by atoms with Crippen molar-refractivity contribution in [3.8, 4) is 57.1 Å². The Balaban J connectivity index is 0.00000469. The van der Waals surface area contributed by atoms with E-state index in [0.717, 1.165) is 61.4 Å². The Hall–Kier alpha value is -6.43. The van der Waals surface area contributed by atoms with Crippen molar-refractivity contribution < 1.29 is 35.3 Å². The van der Waals surface area contributed by atoms with Crippen LogP contribution in [0.4, 0.5) is 0 Å². The molecule has 58 heavy (non-hydrogen) atoms. The molecule has 0 N–H and O–H groups in total. The number of fused-ring (bicyclic) bond motifs is 3. The summed E-state index contributed by atoms with van der Waals surface area (Å²) >= 11 is 0. The number of aromatic nitrogens is 4. The number of rotatable bonds is 9. The molecule has 9 rings (SSSR count). The van der Waals surface area contributed by atoms with Gasteiger partial charge in [-0.05, 0) is 95.6 Å². The third kappa shape index (κ3) is 7.54. The van der Waals surface area contributed by atoms with Gasteiger partial charge >= 0.3 is 21.1 Å². The molecule has 0 radical (unpaired) electrons. The maximum Gasteiger partial charge on any atom is 2.00 e. The second-order valence-electron chi connectivity index (χ2n) is 15.1. The summed E-state index contributed by atoms with van der Waals surface area (Å²) in [6, 6.07) is 51.1. The van der Waals surface area contributed by atoms with Crippen molar-refractivity contribution >= 4 is 21.8 Å². The van der Waals surface area contributed by atoms with Gasteiger partial charge in [-0.15, -0.1) is 35.7 Å². The molecule has 0 aliphatic rings. The van der Waals surface area contributed by atoms with Gasteiger partial charge in [0.2, 0.25) is 0 Å². The standard InChI is InChI=1S/C50H40N4O3.Pt/c1-33-27-34(2)49(57-39-18-10-7-11-19-39)47(48(33)56-38-16-8-6-9-17-38)35-31-52-53(32-35)37-15-14-20-40(29-37)55-41-23-24-43-42-21-12-13-22-44(42)54(45(43)30-41)46-28-36(25-26-51-46)50(3,4)5;/h6-28,31-32H,1-5H3;/q-2;+2. The number of nitrogens with zero attached hydrogens (tertiary/aromatic N) is 4. The van der Waals surface area contributed by atoms with Crippen molar-refractivity contribution in [2.24, 2.45) is 0 Å². The van der Waals surface area contributed by atoms with Gasteiger partial charge in [-0.2, -0.15) is 17.2 Å². The number of para-hydroxylation sites is 3. The molecule has 3 aromatic heterocycles. The Morgan fingerprint density at radius 3 is 1.97 bits per heavy atom. The first kappa shape index (κ1) is 38.4. The summed E-state index contributed by atoms with van der Waals surface area (Å²) in [6.07, 6.45) is 5.68. The van der Waals surface area contributed by atoms with E-state index >= 15 is 0 Å². The number of hydrogen-bond donors (Lipinski definition) is 0. The number of benzene rings is 6. The van der Waals surface area contributed by atoms with Gasteiger partial charge in [-0.25, -0.2) is 4.98 Å². The van der Waals surface area contributed by atoms with E-state index in [0.29, 0.717) is 28.7 Å². The predicted octanol–water partition coefficient (Wildman–Crippen LogP) is 12.9. The zero-order valence-corrected chi connectivity index (χ0v) is 35.0. The maximum atomic E-state index is 6.58. The van der Waals surface area contributed by atoms with Gasteiger partial charge < -0.3 is 18.8 Å². The Morgan fingerprint density at radius 1 is 0.621 bits per heavy atom. The molecule has 9 aromatic rings. The van der Waals surface area contributed by atoms with Crippen LogP contribution in [0.5, 0.6) is 34.5 Å². The first-order valence-corrected chi connectivity index (χ1v) is 19.0. The van der Waals surface area contributed by atoms with Gasteiger partial charge in [0.15, 0.2) is 0 Å². The van der Waals surface area contributed by atoms with Crippen molar-refractivity contribution in [1.29, 1.82) is 0 Å². The van der Waals surface area contributed by atoms with E-state index in [1.807, 2.05) is 117 Å². The molecule has 0 aliphatic heterocycles. The van der Waals surface area contributed by atoms with Crippen LogP contribution in [0.15, 0.2) is 152 Å². The average Bonchev–Trinajstić information content (AvgIpc) is 3.84. The molecule has 7 nitrogen and oxygen atoms in total. The zero-order chi connectivity index (χ0) is 39.1. The smallest absolute Gasteiger partial charge is 0.509 e. The minimum absolute atomic E-state index is 0. The van der Waals surface area contributed by atoms with E-state index in [1.54, 1.807) is 4.68 Å². The number of hydrogen-bond acceptors (Lipinski definition) is 5. The van der Waals surface area contributed by atoms with E-state index < -0.39 is 0 Å². The third-order valence-corrected chi connectivity index (χ3v) is 10.0. The molecule has 0 amide bonds. The molecular weight excluding hydrogens is 900 g/mol. The van der Waals surface area contributed by atoms with Gasteiger partial charge in [0, 0.05) is 35.0 Å². The molecule has 0 saturated heterocycles. The Morgan fingerprint density at radius 2 is 1.28 bits per heavy atom. The van der Waals surface area contributed by atoms with E-state index in [2.05, 4.69) is 86.0 Å². The molecule has 0 fully saturated rings. The molecule has 0 spiro atoms. The number of aryl methyl sites for hydroxylation is 2. The second-order valence-corrected chi connectivity index (χ2v) is 15.1. The van der Waals surface area contributed by atoms with Crippen molar-refractivity contribution in [3.63, 3.8) is 0 Å². The van der Waals surface area contributed by atoms with Crippen LogP contribution in [0, 0.1) is 26.0 Å². The van der Waals surface area contributed by atoms with Crippen molar-refractivity contribution in [3.05, 3.63) is 181 Å². The molecule has 0 atom stereocenters. The zero-order valence-electron chi connectivity index (χ0n) is 32.8. The molecule has 8 heteroatoms. The van der Waals surface area contributed by atoms with Gasteiger partial charge in [0.05, 0.1) is 11.8 Å². The first-order chi connectivity index (χ1) is 27.7. The molecular formula is C50H40N4O3Pt. The Labute approximate surface area is 352 Å². The van der Waals surface area contributed by atoms with Crippen LogP contribution in [-0.2, 0) is 26.5 Å². The predicted molar refractivity (Wildman–Crippen MR) is 227 cm³/mol. The molecule has 6 aromatic carbocycles. The molecule has 0 bridgehead atoms. The minimum Gasteiger partial charge on any atom is -0.509 e. The van der Waals surface area contributed by atoms with Crippen molar-refractivity contribution in [2.45, 2.75) is 40.0 Å². The summed E-state index contributed by atoms with van der Waals surface area (Å²) in [5, 5.41) is 7.00. The van der Waals surface area contributed by atoms with Crippen LogP contribution in [0.3, 0.4) is 0 Å². The molecule has 3 heterocycles. The van der Waals surface area contributed by atoms with E-state index in [4.69, 9.17) is 24.3 Å². The quantitative estimate of drug-likeness (QED) is 0.135. The summed E-state index contributed by atoms with van der Waals surface area (Å²) in [5.41, 5.74) is 7.41. The fourth-order valence-corrected chi connectivity index (χ4v) is 7.20. The number of ether oxygens (including phenoxy) is 3. The average molecular weight is 940 g/mol. The van der Waals surface area contributed by atoms with Crippen molar-refractivity contribution in [2.75, 3.05) is 0 Å². The number of pyridine rings is 1. The summed E-state index contributed by atoms with van der Waals surface area (Å²) in [4.78, 5) is 4.81. The van der Waals surface area contributed by atoms with Crippen molar-refractivity contribution in [1.82, 2.24) is 19.3 Å². The Bertz CT molecular complexity index is 2830. The SMILES string of the molecule is Cc1cc(C)c(Oc2ccccc2)c(-c2cnn(-c3[c-]c(Oc4[c-]c5c(cc4)c4ccccc4n5-c4cc(C(C)(C)C)ccn4)ccc3)c2)c1Oc1ccccc1.[Pt+2]. The third-order valence-electron chi connectivity index (χ3n) is 10.0. The topological polar surface area (TPSA) is 63.3 Å². The monoisotopic (exact) mass is 939 g/mol. The van der Waals surface area contributed by atoms with Crippen LogP contribution < -0.4 is 14.2 Å². The second kappa shape index (κ2) is 15.8. The summed E-state index contributed by atoms with van der Waals surface area (Å²) in [5.74, 6) is 4.78. The molecule has 0 saturated carbocycles. The first-order valence-electron chi connectivity index (χ1n) is 19.0. The van der Waals surface area contributed by atoms with E-state index in [1.165, 1.54) is 5.56 Å². The van der Waals surface area contributed by atoms with Gasteiger partial charge in [-0.3, -0.25) is 4.68 Å². The van der Waals surface area contributed by atoms with Crippen LogP contribution in [0.1, 0.15) is 37.5 Å². The van der Waals surface area contributed by atoms with Crippen LogP contribution in [0.2, 0.25) is 0 Å². The summed E-state index contributed by atoms with van der Waals surface area (Å²) in [7, 11) is 0. The largest absolute Gasteiger partial charge is 2.00 e. The summed E-state index contributed by atoms with van der Waals surface area (Å²) in [6.45, 7) is 10.7. The molecule has 288 valence electrons. The fourth-order valence-electron chi connectivity index (χ4n) is 7.20. The van der Waals surface area contributed by atoms with Gasteiger partial charge in [0.1, 0.15) is 28.8 Å². The minimum atomic E-state index is -0.0277. The van der Waals surface area contributed by atoms with Crippen LogP contribution in [0.25, 0.3) is 44.4 Å². The van der Waals surface area contributed by atoms with Gasteiger partial charge in [-0.1, -0.05) is 80.9 Å². The van der Waals surface area contributed by atoms with E-state index in [9.17, 15) is 0 Å². The summed E-state index contributed by atoms with van der Waals surface area (Å²) < 4.78 is 23.6. The van der Waals surface area contributed by atoms with Crippen LogP contribution in [-0.4, -0.2) is 19.3 Å². The fraction of sp³-hybridized carbons (Fsp3) is 0.120. The van der Waals surface area contributed by atoms with E-state index in [-0.39, 0.29) is 26.5 Å². The maximum absolute atomic E-state index is 6.58. The molecule has 0 aliphatic carbocycles. The Kier molecular flexibility index (Phi) is 10.5. The van der Waals surface area contributed by atoms with Gasteiger partial charge in [0.25, 0.3) is 0 Å². The normalized spacial score (nSPS) is 11.4. The van der Waals surface area contributed by atoms with Crippen LogP contribution >= 0.6 is 0 Å².